The largest absolute Gasteiger partial charge is 0.396 e. The van der Waals surface area contributed by atoms with Crippen LogP contribution in [0.2, 0.25) is 0 Å². The molecule has 0 amide bonds. The fourth-order valence-corrected chi connectivity index (χ4v) is 2.37. The summed E-state index contributed by atoms with van der Waals surface area (Å²) in [5.41, 5.74) is 1.07. The van der Waals surface area contributed by atoms with Gasteiger partial charge in [0.25, 0.3) is 0 Å². The Morgan fingerprint density at radius 3 is 2.38 bits per heavy atom. The first-order valence-corrected chi connectivity index (χ1v) is 7.29. The predicted octanol–water partition coefficient (Wildman–Crippen LogP) is 2.58. The van der Waals surface area contributed by atoms with E-state index in [1.165, 1.54) is 0 Å². The van der Waals surface area contributed by atoms with E-state index in [2.05, 4.69) is 0 Å². The second kappa shape index (κ2) is 7.98. The molecule has 0 saturated carbocycles. The molecule has 0 bridgehead atoms. The number of benzene rings is 1. The Hall–Kier alpha value is -1.62. The molecule has 0 radical (unpaired) electrons. The van der Waals surface area contributed by atoms with Gasteiger partial charge in [-0.05, 0) is 30.0 Å². The van der Waals surface area contributed by atoms with Crippen molar-refractivity contribution in [2.45, 2.75) is 32.3 Å². The predicted molar refractivity (Wildman–Crippen MR) is 81.6 cm³/mol. The average molecular weight is 289 g/mol. The van der Waals surface area contributed by atoms with Gasteiger partial charge in [-0.1, -0.05) is 37.3 Å². The number of ether oxygens (including phenoxy) is 1. The van der Waals surface area contributed by atoms with Gasteiger partial charge in [0.15, 0.2) is 6.23 Å². The van der Waals surface area contributed by atoms with E-state index in [0.29, 0.717) is 13.0 Å². The minimum atomic E-state index is -0.759. The first-order valence-electron chi connectivity index (χ1n) is 7.29. The summed E-state index contributed by atoms with van der Waals surface area (Å²) in [7, 11) is 0. The third kappa shape index (κ3) is 4.43. The fraction of sp³-hybridized carbons (Fsp3) is 0.412. The number of rotatable bonds is 8. The van der Waals surface area contributed by atoms with Crippen molar-refractivity contribution >= 4 is 0 Å². The Balaban J connectivity index is 2.05. The SMILES string of the molecule is C[C@H](CCO)[C@@H](OCc1ccccc1)C(O)n1cccc1. The third-order valence-electron chi connectivity index (χ3n) is 3.66. The summed E-state index contributed by atoms with van der Waals surface area (Å²) in [6, 6.07) is 13.6. The lowest BCUT2D eigenvalue weighted by atomic mass is 9.99. The molecule has 4 heteroatoms. The van der Waals surface area contributed by atoms with Crippen molar-refractivity contribution < 1.29 is 14.9 Å². The number of hydrogen-bond acceptors (Lipinski definition) is 3. The maximum Gasteiger partial charge on any atom is 0.157 e. The molecule has 0 aliphatic carbocycles. The van der Waals surface area contributed by atoms with Gasteiger partial charge in [-0.25, -0.2) is 0 Å². The van der Waals surface area contributed by atoms with Crippen LogP contribution in [0.4, 0.5) is 0 Å². The first-order chi connectivity index (χ1) is 10.2. The molecule has 1 aromatic carbocycles. The Bertz CT molecular complexity index is 498. The summed E-state index contributed by atoms with van der Waals surface area (Å²) in [4.78, 5) is 0. The minimum absolute atomic E-state index is 0.0520. The second-order valence-corrected chi connectivity index (χ2v) is 5.29. The monoisotopic (exact) mass is 289 g/mol. The molecule has 2 rings (SSSR count). The van der Waals surface area contributed by atoms with E-state index < -0.39 is 6.23 Å². The molecular weight excluding hydrogens is 266 g/mol. The topological polar surface area (TPSA) is 54.6 Å². The van der Waals surface area contributed by atoms with Crippen LogP contribution in [0.1, 0.15) is 25.1 Å². The zero-order chi connectivity index (χ0) is 15.1. The van der Waals surface area contributed by atoms with Crippen LogP contribution in [0, 0.1) is 5.92 Å². The fourth-order valence-electron chi connectivity index (χ4n) is 2.37. The van der Waals surface area contributed by atoms with Crippen molar-refractivity contribution in [1.29, 1.82) is 0 Å². The van der Waals surface area contributed by atoms with Crippen LogP contribution in [-0.2, 0) is 11.3 Å². The van der Waals surface area contributed by atoms with Crippen molar-refractivity contribution in [2.24, 2.45) is 5.92 Å². The molecule has 0 aliphatic rings. The molecule has 2 N–H and O–H groups in total. The molecule has 1 heterocycles. The van der Waals surface area contributed by atoms with Gasteiger partial charge in [-0.3, -0.25) is 0 Å². The smallest absolute Gasteiger partial charge is 0.157 e. The van der Waals surface area contributed by atoms with Crippen LogP contribution in [0.15, 0.2) is 54.9 Å². The maximum atomic E-state index is 10.5. The number of hydrogen-bond donors (Lipinski definition) is 2. The molecule has 114 valence electrons. The van der Waals surface area contributed by atoms with Crippen molar-refractivity contribution in [3.8, 4) is 0 Å². The lowest BCUT2D eigenvalue weighted by Gasteiger charge is -2.29. The maximum absolute atomic E-state index is 10.5. The molecule has 21 heavy (non-hydrogen) atoms. The van der Waals surface area contributed by atoms with Gasteiger partial charge in [0.2, 0.25) is 0 Å². The normalized spacial score (nSPS) is 15.6. The summed E-state index contributed by atoms with van der Waals surface area (Å²) < 4.78 is 7.67. The molecule has 3 atom stereocenters. The number of aliphatic hydroxyl groups is 2. The van der Waals surface area contributed by atoms with Crippen LogP contribution >= 0.6 is 0 Å². The van der Waals surface area contributed by atoms with Crippen LogP contribution in [0.5, 0.6) is 0 Å². The third-order valence-corrected chi connectivity index (χ3v) is 3.66. The summed E-state index contributed by atoms with van der Waals surface area (Å²) in [5, 5.41) is 19.6. The molecule has 2 aromatic rings. The van der Waals surface area contributed by atoms with Crippen LogP contribution < -0.4 is 0 Å². The summed E-state index contributed by atoms with van der Waals surface area (Å²) in [6.45, 7) is 2.52. The molecule has 4 nitrogen and oxygen atoms in total. The Morgan fingerprint density at radius 2 is 1.76 bits per heavy atom. The van der Waals surface area contributed by atoms with E-state index in [4.69, 9.17) is 9.84 Å². The van der Waals surface area contributed by atoms with Gasteiger partial charge < -0.3 is 19.5 Å². The van der Waals surface area contributed by atoms with Gasteiger partial charge >= 0.3 is 0 Å². The average Bonchev–Trinajstić information content (AvgIpc) is 3.03. The van der Waals surface area contributed by atoms with Crippen LogP contribution in [0.3, 0.4) is 0 Å². The second-order valence-electron chi connectivity index (χ2n) is 5.29. The highest BCUT2D eigenvalue weighted by Crippen LogP contribution is 2.23. The van der Waals surface area contributed by atoms with Gasteiger partial charge in [0.1, 0.15) is 6.10 Å². The zero-order valence-electron chi connectivity index (χ0n) is 12.3. The van der Waals surface area contributed by atoms with Gasteiger partial charge in [-0.15, -0.1) is 0 Å². The van der Waals surface area contributed by atoms with E-state index in [0.717, 1.165) is 5.56 Å². The zero-order valence-corrected chi connectivity index (χ0v) is 12.3. The molecule has 0 spiro atoms. The summed E-state index contributed by atoms with van der Waals surface area (Å²) in [6.07, 6.45) is 3.09. The lowest BCUT2D eigenvalue weighted by Crippen LogP contribution is -2.32. The Labute approximate surface area is 125 Å². The van der Waals surface area contributed by atoms with Crippen LogP contribution in [0.25, 0.3) is 0 Å². The van der Waals surface area contributed by atoms with Gasteiger partial charge in [0, 0.05) is 19.0 Å². The number of nitrogens with zero attached hydrogens (tertiary/aromatic N) is 1. The molecule has 0 aliphatic heterocycles. The minimum Gasteiger partial charge on any atom is -0.396 e. The highest BCUT2D eigenvalue weighted by molar-refractivity contribution is 5.13. The summed E-state index contributed by atoms with van der Waals surface area (Å²) >= 11 is 0. The van der Waals surface area contributed by atoms with Gasteiger partial charge in [0.05, 0.1) is 6.61 Å². The van der Waals surface area contributed by atoms with Crippen molar-refractivity contribution in [3.05, 3.63) is 60.4 Å². The highest BCUT2D eigenvalue weighted by atomic mass is 16.5. The number of aromatic nitrogens is 1. The van der Waals surface area contributed by atoms with E-state index in [1.807, 2.05) is 61.8 Å². The molecule has 0 fully saturated rings. The van der Waals surface area contributed by atoms with E-state index in [-0.39, 0.29) is 18.6 Å². The standard InChI is InChI=1S/C17H23NO3/c1-14(9-12-19)16(17(20)18-10-5-6-11-18)21-13-15-7-3-2-4-8-15/h2-8,10-11,14,16-17,19-20H,9,12-13H2,1H3/t14-,16-,17?/m1/s1. The first kappa shape index (κ1) is 15.8. The number of aliphatic hydroxyl groups excluding tert-OH is 2. The van der Waals surface area contributed by atoms with Gasteiger partial charge in [-0.2, -0.15) is 0 Å². The lowest BCUT2D eigenvalue weighted by molar-refractivity contribution is -0.107. The molecular formula is C17H23NO3. The van der Waals surface area contributed by atoms with Crippen molar-refractivity contribution in [1.82, 2.24) is 4.57 Å². The molecule has 1 unspecified atom stereocenters. The Morgan fingerprint density at radius 1 is 1.10 bits per heavy atom. The Kier molecular flexibility index (Phi) is 5.99. The van der Waals surface area contributed by atoms with Crippen molar-refractivity contribution in [2.75, 3.05) is 6.61 Å². The highest BCUT2D eigenvalue weighted by Gasteiger charge is 2.26. The summed E-state index contributed by atoms with van der Waals surface area (Å²) in [5.74, 6) is 0.0520. The van der Waals surface area contributed by atoms with E-state index in [1.54, 1.807) is 4.57 Å². The molecule has 1 aromatic heterocycles. The molecule has 0 saturated heterocycles. The van der Waals surface area contributed by atoms with Crippen molar-refractivity contribution in [3.63, 3.8) is 0 Å². The van der Waals surface area contributed by atoms with E-state index >= 15 is 0 Å². The van der Waals surface area contributed by atoms with Crippen LogP contribution in [-0.4, -0.2) is 27.5 Å². The quantitative estimate of drug-likeness (QED) is 0.785. The van der Waals surface area contributed by atoms with E-state index in [9.17, 15) is 5.11 Å².